The maximum absolute atomic E-state index is 13.4. The van der Waals surface area contributed by atoms with Crippen LogP contribution in [0.25, 0.3) is 0 Å². The van der Waals surface area contributed by atoms with E-state index in [-0.39, 0.29) is 24.5 Å². The largest absolute Gasteiger partial charge is 0.493 e. The van der Waals surface area contributed by atoms with E-state index in [4.69, 9.17) is 4.74 Å². The zero-order valence-electron chi connectivity index (χ0n) is 9.87. The van der Waals surface area contributed by atoms with Gasteiger partial charge < -0.3 is 15.2 Å². The molecule has 1 aromatic carbocycles. The number of halogens is 1. The molecule has 0 aliphatic carbocycles. The van der Waals surface area contributed by atoms with Crippen molar-refractivity contribution < 1.29 is 19.0 Å². The molecule has 0 saturated heterocycles. The van der Waals surface area contributed by atoms with Gasteiger partial charge in [-0.1, -0.05) is 0 Å². The minimum absolute atomic E-state index is 0.133. The second-order valence-electron chi connectivity index (χ2n) is 3.63. The second kappa shape index (κ2) is 6.20. The Morgan fingerprint density at radius 2 is 2.29 bits per heavy atom. The first-order valence-electron chi connectivity index (χ1n) is 5.35. The first-order valence-corrected chi connectivity index (χ1v) is 5.35. The van der Waals surface area contributed by atoms with Gasteiger partial charge in [0.2, 0.25) is 5.91 Å². The van der Waals surface area contributed by atoms with E-state index < -0.39 is 11.9 Å². The number of nitrogens with one attached hydrogen (secondary N) is 1. The van der Waals surface area contributed by atoms with Crippen LogP contribution in [0.1, 0.15) is 25.0 Å². The standard InChI is InChI=1S/C12H16FNO3/c1-8(15)10-4-3-9(7-11(10)13)17-6-5-12(16)14-2/h3-4,7-8,15H,5-6H2,1-2H3,(H,14,16). The topological polar surface area (TPSA) is 58.6 Å². The fourth-order valence-electron chi connectivity index (χ4n) is 1.32. The number of carbonyl (C=O) groups is 1. The summed E-state index contributed by atoms with van der Waals surface area (Å²) in [7, 11) is 1.54. The van der Waals surface area contributed by atoms with Gasteiger partial charge in [0.05, 0.1) is 19.1 Å². The second-order valence-corrected chi connectivity index (χ2v) is 3.63. The molecule has 1 atom stereocenters. The summed E-state index contributed by atoms with van der Waals surface area (Å²) < 4.78 is 18.6. The van der Waals surface area contributed by atoms with E-state index in [1.165, 1.54) is 19.1 Å². The van der Waals surface area contributed by atoms with Crippen molar-refractivity contribution in [2.24, 2.45) is 0 Å². The quantitative estimate of drug-likeness (QED) is 0.819. The van der Waals surface area contributed by atoms with E-state index in [0.717, 1.165) is 0 Å². The fraction of sp³-hybridized carbons (Fsp3) is 0.417. The Bertz CT molecular complexity index is 393. The molecule has 0 radical (unpaired) electrons. The molecule has 0 bridgehead atoms. The Kier molecular flexibility index (Phi) is 4.90. The summed E-state index contributed by atoms with van der Waals surface area (Å²) in [5.74, 6) is -0.306. The molecule has 2 N–H and O–H groups in total. The zero-order valence-corrected chi connectivity index (χ0v) is 9.87. The van der Waals surface area contributed by atoms with Crippen LogP contribution in [-0.4, -0.2) is 24.7 Å². The predicted octanol–water partition coefficient (Wildman–Crippen LogP) is 1.39. The van der Waals surface area contributed by atoms with E-state index in [0.29, 0.717) is 5.75 Å². The summed E-state index contributed by atoms with van der Waals surface area (Å²) in [6, 6.07) is 4.23. The third-order valence-corrected chi connectivity index (χ3v) is 2.30. The summed E-state index contributed by atoms with van der Waals surface area (Å²) in [6.07, 6.45) is -0.633. The first kappa shape index (κ1) is 13.4. The number of aliphatic hydroxyl groups excluding tert-OH is 1. The van der Waals surface area contributed by atoms with Crippen molar-refractivity contribution in [3.05, 3.63) is 29.6 Å². The van der Waals surface area contributed by atoms with Crippen molar-refractivity contribution in [3.63, 3.8) is 0 Å². The molecule has 5 heteroatoms. The van der Waals surface area contributed by atoms with Gasteiger partial charge in [0.15, 0.2) is 0 Å². The van der Waals surface area contributed by atoms with Gasteiger partial charge >= 0.3 is 0 Å². The van der Waals surface area contributed by atoms with Gasteiger partial charge in [0.1, 0.15) is 11.6 Å². The van der Waals surface area contributed by atoms with Gasteiger partial charge in [-0.3, -0.25) is 4.79 Å². The van der Waals surface area contributed by atoms with Crippen LogP contribution in [0.4, 0.5) is 4.39 Å². The SMILES string of the molecule is CNC(=O)CCOc1ccc(C(C)O)c(F)c1. The van der Waals surface area contributed by atoms with E-state index in [2.05, 4.69) is 5.32 Å². The number of benzene rings is 1. The molecule has 94 valence electrons. The van der Waals surface area contributed by atoms with Crippen LogP contribution in [-0.2, 0) is 4.79 Å². The molecule has 4 nitrogen and oxygen atoms in total. The highest BCUT2D eigenvalue weighted by molar-refractivity contribution is 5.75. The molecule has 0 fully saturated rings. The molecule has 1 unspecified atom stereocenters. The summed E-state index contributed by atoms with van der Waals surface area (Å²) in [6.45, 7) is 1.68. The molecule has 1 aromatic rings. The number of hydrogen-bond donors (Lipinski definition) is 2. The van der Waals surface area contributed by atoms with Crippen LogP contribution >= 0.6 is 0 Å². The summed E-state index contributed by atoms with van der Waals surface area (Å²) in [4.78, 5) is 10.9. The molecule has 0 heterocycles. The highest BCUT2D eigenvalue weighted by atomic mass is 19.1. The van der Waals surface area contributed by atoms with Crippen LogP contribution in [0.2, 0.25) is 0 Å². The average molecular weight is 241 g/mol. The van der Waals surface area contributed by atoms with Crippen molar-refractivity contribution in [2.45, 2.75) is 19.4 Å². The van der Waals surface area contributed by atoms with Gasteiger partial charge in [-0.05, 0) is 19.1 Å². The summed E-state index contributed by atoms with van der Waals surface area (Å²) >= 11 is 0. The Balaban J connectivity index is 2.56. The predicted molar refractivity (Wildman–Crippen MR) is 61.2 cm³/mol. The van der Waals surface area contributed by atoms with Crippen molar-refractivity contribution in [2.75, 3.05) is 13.7 Å². The summed E-state index contributed by atoms with van der Waals surface area (Å²) in [5.41, 5.74) is 0.226. The van der Waals surface area contributed by atoms with Gasteiger partial charge in [0.25, 0.3) is 0 Å². The molecule has 1 rings (SSSR count). The van der Waals surface area contributed by atoms with Crippen LogP contribution in [0.5, 0.6) is 5.75 Å². The van der Waals surface area contributed by atoms with Crippen LogP contribution in [0.15, 0.2) is 18.2 Å². The lowest BCUT2D eigenvalue weighted by atomic mass is 10.1. The molecule has 0 spiro atoms. The lowest BCUT2D eigenvalue weighted by Crippen LogP contribution is -2.20. The van der Waals surface area contributed by atoms with Crippen molar-refractivity contribution in [1.29, 1.82) is 0 Å². The minimum atomic E-state index is -0.852. The highest BCUT2D eigenvalue weighted by Crippen LogP contribution is 2.21. The fourth-order valence-corrected chi connectivity index (χ4v) is 1.32. The number of ether oxygens (including phenoxy) is 1. The Labute approximate surface area is 99.4 Å². The molecular formula is C12H16FNO3. The number of aliphatic hydroxyl groups is 1. The van der Waals surface area contributed by atoms with Crippen molar-refractivity contribution >= 4 is 5.91 Å². The third kappa shape index (κ3) is 4.03. The highest BCUT2D eigenvalue weighted by Gasteiger charge is 2.09. The normalized spacial score (nSPS) is 12.0. The Hall–Kier alpha value is -1.62. The maximum Gasteiger partial charge on any atom is 0.223 e. The van der Waals surface area contributed by atoms with Crippen LogP contribution in [0, 0.1) is 5.82 Å². The Morgan fingerprint density at radius 1 is 1.59 bits per heavy atom. The molecule has 0 aliphatic heterocycles. The molecule has 0 aliphatic rings. The minimum Gasteiger partial charge on any atom is -0.493 e. The van der Waals surface area contributed by atoms with Crippen molar-refractivity contribution in [1.82, 2.24) is 5.32 Å². The number of rotatable bonds is 5. The van der Waals surface area contributed by atoms with E-state index in [9.17, 15) is 14.3 Å². The van der Waals surface area contributed by atoms with Gasteiger partial charge in [0, 0.05) is 18.7 Å². The number of carbonyl (C=O) groups excluding carboxylic acids is 1. The number of amides is 1. The Morgan fingerprint density at radius 3 is 2.82 bits per heavy atom. The lowest BCUT2D eigenvalue weighted by Gasteiger charge is -2.09. The van der Waals surface area contributed by atoms with Crippen LogP contribution < -0.4 is 10.1 Å². The average Bonchev–Trinajstić information content (AvgIpc) is 2.28. The van der Waals surface area contributed by atoms with Crippen LogP contribution in [0.3, 0.4) is 0 Å². The van der Waals surface area contributed by atoms with Gasteiger partial charge in [-0.25, -0.2) is 4.39 Å². The molecule has 1 amide bonds. The maximum atomic E-state index is 13.4. The first-order chi connectivity index (χ1) is 8.04. The van der Waals surface area contributed by atoms with Gasteiger partial charge in [-0.15, -0.1) is 0 Å². The van der Waals surface area contributed by atoms with E-state index in [1.807, 2.05) is 0 Å². The van der Waals surface area contributed by atoms with E-state index in [1.54, 1.807) is 13.1 Å². The monoisotopic (exact) mass is 241 g/mol. The molecule has 17 heavy (non-hydrogen) atoms. The lowest BCUT2D eigenvalue weighted by molar-refractivity contribution is -0.121. The molecular weight excluding hydrogens is 225 g/mol. The number of hydrogen-bond acceptors (Lipinski definition) is 3. The molecule has 0 saturated carbocycles. The summed E-state index contributed by atoms with van der Waals surface area (Å²) in [5, 5.41) is 11.7. The smallest absolute Gasteiger partial charge is 0.223 e. The van der Waals surface area contributed by atoms with Gasteiger partial charge in [-0.2, -0.15) is 0 Å². The third-order valence-electron chi connectivity index (χ3n) is 2.30. The molecule has 0 aromatic heterocycles. The van der Waals surface area contributed by atoms with Crippen molar-refractivity contribution in [3.8, 4) is 5.75 Å². The zero-order chi connectivity index (χ0) is 12.8. The van der Waals surface area contributed by atoms with E-state index >= 15 is 0 Å².